The first-order chi connectivity index (χ1) is 9.97. The normalized spacial score (nSPS) is 12.0. The lowest BCUT2D eigenvalue weighted by Gasteiger charge is -2.17. The molecule has 112 valence electrons. The first-order valence-electron chi connectivity index (χ1n) is 6.18. The highest BCUT2D eigenvalue weighted by Gasteiger charge is 2.16. The van der Waals surface area contributed by atoms with Gasteiger partial charge in [-0.15, -0.1) is 0 Å². The lowest BCUT2D eigenvalue weighted by molar-refractivity contribution is -0.121. The van der Waals surface area contributed by atoms with E-state index in [0.717, 1.165) is 0 Å². The van der Waals surface area contributed by atoms with Crippen LogP contribution >= 0.6 is 27.5 Å². The number of hydrogen-bond acceptors (Lipinski definition) is 3. The van der Waals surface area contributed by atoms with Gasteiger partial charge in [0.2, 0.25) is 5.91 Å². The molecule has 0 aliphatic carbocycles. The summed E-state index contributed by atoms with van der Waals surface area (Å²) < 4.78 is 18.7. The van der Waals surface area contributed by atoms with Gasteiger partial charge in [-0.05, 0) is 47.1 Å². The number of carbonyl (C=O) groups excluding carboxylic acids is 1. The predicted octanol–water partition coefficient (Wildman–Crippen LogP) is 3.95. The smallest absolute Gasteiger partial charge is 0.242 e. The van der Waals surface area contributed by atoms with E-state index in [1.165, 1.54) is 12.1 Å². The Hall–Kier alpha value is -1.53. The molecule has 2 rings (SSSR count). The summed E-state index contributed by atoms with van der Waals surface area (Å²) in [6, 6.07) is 5.44. The Labute approximate surface area is 134 Å². The van der Waals surface area contributed by atoms with Crippen LogP contribution in [-0.4, -0.2) is 11.9 Å². The summed E-state index contributed by atoms with van der Waals surface area (Å²) >= 11 is 9.18. The third-order valence-electron chi connectivity index (χ3n) is 2.78. The zero-order valence-corrected chi connectivity index (χ0v) is 13.5. The van der Waals surface area contributed by atoms with E-state index in [1.807, 2.05) is 0 Å². The lowest BCUT2D eigenvalue weighted by atomic mass is 10.2. The minimum absolute atomic E-state index is 0.201. The molecular weight excluding hydrogens is 363 g/mol. The van der Waals surface area contributed by atoms with Gasteiger partial charge in [0.15, 0.2) is 0 Å². The van der Waals surface area contributed by atoms with Crippen molar-refractivity contribution in [3.63, 3.8) is 0 Å². The summed E-state index contributed by atoms with van der Waals surface area (Å²) in [4.78, 5) is 12.0. The van der Waals surface area contributed by atoms with Crippen molar-refractivity contribution in [2.24, 2.45) is 0 Å². The van der Waals surface area contributed by atoms with E-state index in [4.69, 9.17) is 16.0 Å². The topological polar surface area (TPSA) is 54.3 Å². The van der Waals surface area contributed by atoms with Crippen molar-refractivity contribution in [2.45, 2.75) is 19.5 Å². The van der Waals surface area contributed by atoms with Crippen LogP contribution < -0.4 is 10.6 Å². The molecular formula is C14H13BrClFN2O2. The molecule has 21 heavy (non-hydrogen) atoms. The van der Waals surface area contributed by atoms with E-state index < -0.39 is 11.9 Å². The molecule has 1 heterocycles. The Kier molecular flexibility index (Phi) is 5.25. The van der Waals surface area contributed by atoms with Gasteiger partial charge < -0.3 is 15.1 Å². The maximum absolute atomic E-state index is 13.2. The van der Waals surface area contributed by atoms with Crippen LogP contribution in [0.15, 0.2) is 39.4 Å². The highest BCUT2D eigenvalue weighted by molar-refractivity contribution is 9.10. The summed E-state index contributed by atoms with van der Waals surface area (Å²) in [5.41, 5.74) is 0.471. The Morgan fingerprint density at radius 3 is 2.90 bits per heavy atom. The second kappa shape index (κ2) is 6.95. The van der Waals surface area contributed by atoms with E-state index in [9.17, 15) is 9.18 Å². The van der Waals surface area contributed by atoms with Crippen LogP contribution in [-0.2, 0) is 11.3 Å². The zero-order chi connectivity index (χ0) is 15.4. The van der Waals surface area contributed by atoms with Crippen LogP contribution in [0.1, 0.15) is 12.7 Å². The maximum atomic E-state index is 13.2. The van der Waals surface area contributed by atoms with Crippen molar-refractivity contribution in [2.75, 3.05) is 5.32 Å². The van der Waals surface area contributed by atoms with Crippen LogP contribution in [0.25, 0.3) is 0 Å². The summed E-state index contributed by atoms with van der Waals surface area (Å²) in [5.74, 6) is -0.0115. The van der Waals surface area contributed by atoms with E-state index in [-0.39, 0.29) is 10.9 Å². The molecule has 2 N–H and O–H groups in total. The number of amides is 1. The molecule has 1 aromatic carbocycles. The fourth-order valence-electron chi connectivity index (χ4n) is 1.70. The maximum Gasteiger partial charge on any atom is 0.242 e. The van der Waals surface area contributed by atoms with Crippen LogP contribution in [0.4, 0.5) is 10.1 Å². The zero-order valence-electron chi connectivity index (χ0n) is 11.1. The fraction of sp³-hybridized carbons (Fsp3) is 0.214. The number of nitrogens with one attached hydrogen (secondary N) is 2. The summed E-state index contributed by atoms with van der Waals surface area (Å²) in [6.45, 7) is 1.99. The van der Waals surface area contributed by atoms with Gasteiger partial charge in [-0.1, -0.05) is 11.6 Å². The molecule has 0 saturated carbocycles. The molecule has 0 aliphatic heterocycles. The Morgan fingerprint density at radius 2 is 2.29 bits per heavy atom. The highest BCUT2D eigenvalue weighted by Crippen LogP contribution is 2.32. The van der Waals surface area contributed by atoms with E-state index in [1.54, 1.807) is 25.3 Å². The molecule has 0 saturated heterocycles. The summed E-state index contributed by atoms with van der Waals surface area (Å²) in [7, 11) is 0. The SMILES string of the molecule is CC(Nc1c(Cl)cc(F)cc1Br)C(=O)NCc1ccco1. The minimum Gasteiger partial charge on any atom is -0.467 e. The molecule has 0 fully saturated rings. The van der Waals surface area contributed by atoms with E-state index >= 15 is 0 Å². The van der Waals surface area contributed by atoms with Gasteiger partial charge in [0.25, 0.3) is 0 Å². The molecule has 0 aliphatic rings. The van der Waals surface area contributed by atoms with Gasteiger partial charge in [-0.2, -0.15) is 0 Å². The Balaban J connectivity index is 1.97. The van der Waals surface area contributed by atoms with E-state index in [0.29, 0.717) is 22.5 Å². The first kappa shape index (κ1) is 15.9. The van der Waals surface area contributed by atoms with Crippen molar-refractivity contribution in [1.29, 1.82) is 0 Å². The summed E-state index contributed by atoms with van der Waals surface area (Å²) in [6.07, 6.45) is 1.54. The van der Waals surface area contributed by atoms with Crippen LogP contribution in [0, 0.1) is 5.82 Å². The van der Waals surface area contributed by atoms with Crippen molar-refractivity contribution in [3.05, 3.63) is 51.6 Å². The highest BCUT2D eigenvalue weighted by atomic mass is 79.9. The van der Waals surface area contributed by atoms with Gasteiger partial charge in [-0.25, -0.2) is 4.39 Å². The average Bonchev–Trinajstić information content (AvgIpc) is 2.93. The molecule has 7 heteroatoms. The molecule has 4 nitrogen and oxygen atoms in total. The molecule has 1 atom stereocenters. The molecule has 2 aromatic rings. The van der Waals surface area contributed by atoms with Gasteiger partial charge in [0.05, 0.1) is 23.5 Å². The van der Waals surface area contributed by atoms with Gasteiger partial charge in [0.1, 0.15) is 17.6 Å². The average molecular weight is 376 g/mol. The second-order valence-electron chi connectivity index (χ2n) is 4.41. The fourth-order valence-corrected chi connectivity index (χ4v) is 2.62. The number of halogens is 3. The number of hydrogen-bond donors (Lipinski definition) is 2. The number of benzene rings is 1. The number of furan rings is 1. The van der Waals surface area contributed by atoms with Crippen LogP contribution in [0.5, 0.6) is 0 Å². The van der Waals surface area contributed by atoms with Gasteiger partial charge in [0, 0.05) is 4.47 Å². The quantitative estimate of drug-likeness (QED) is 0.832. The monoisotopic (exact) mass is 374 g/mol. The third kappa shape index (κ3) is 4.22. The molecule has 1 aromatic heterocycles. The molecule has 1 amide bonds. The van der Waals surface area contributed by atoms with Crippen LogP contribution in [0.2, 0.25) is 5.02 Å². The number of rotatable bonds is 5. The first-order valence-corrected chi connectivity index (χ1v) is 7.35. The Morgan fingerprint density at radius 1 is 1.52 bits per heavy atom. The summed E-state index contributed by atoms with van der Waals surface area (Å²) in [5, 5.41) is 5.88. The van der Waals surface area contributed by atoms with E-state index in [2.05, 4.69) is 26.6 Å². The standard InChI is InChI=1S/C14H13BrClFN2O2/c1-8(14(20)18-7-10-3-2-4-21-10)19-13-11(15)5-9(17)6-12(13)16/h2-6,8,19H,7H2,1H3,(H,18,20). The van der Waals surface area contributed by atoms with Crippen molar-refractivity contribution >= 4 is 39.1 Å². The number of anilines is 1. The van der Waals surface area contributed by atoms with Crippen molar-refractivity contribution in [1.82, 2.24) is 5.32 Å². The van der Waals surface area contributed by atoms with Crippen molar-refractivity contribution in [3.8, 4) is 0 Å². The minimum atomic E-state index is -0.542. The van der Waals surface area contributed by atoms with Gasteiger partial charge in [-0.3, -0.25) is 4.79 Å². The lowest BCUT2D eigenvalue weighted by Crippen LogP contribution is -2.37. The molecule has 0 spiro atoms. The van der Waals surface area contributed by atoms with Crippen molar-refractivity contribution < 1.29 is 13.6 Å². The molecule has 0 bridgehead atoms. The second-order valence-corrected chi connectivity index (χ2v) is 5.67. The van der Waals surface area contributed by atoms with Crippen LogP contribution in [0.3, 0.4) is 0 Å². The largest absolute Gasteiger partial charge is 0.467 e. The Bertz CT molecular complexity index is 611. The molecule has 0 radical (unpaired) electrons. The molecule has 1 unspecified atom stereocenters. The third-order valence-corrected chi connectivity index (χ3v) is 3.70. The number of carbonyl (C=O) groups is 1. The predicted molar refractivity (Wildman–Crippen MR) is 82.7 cm³/mol. The van der Waals surface area contributed by atoms with Gasteiger partial charge >= 0.3 is 0 Å².